The Bertz CT molecular complexity index is 2400. The van der Waals surface area contributed by atoms with E-state index in [0.717, 1.165) is 0 Å². The van der Waals surface area contributed by atoms with Gasteiger partial charge in [-0.05, 0) is 76.0 Å². The molecule has 446 valence electrons. The average molecular weight is 1170 g/mol. The summed E-state index contributed by atoms with van der Waals surface area (Å²) < 4.78 is 4.18. The molecule has 1 heterocycles. The number of nitrogens with one attached hydrogen (secondary N) is 8. The molecule has 31 heteroatoms. The summed E-state index contributed by atoms with van der Waals surface area (Å²) in [7, 11) is 1.43. The van der Waals surface area contributed by atoms with Gasteiger partial charge in [0.15, 0.2) is 11.9 Å². The van der Waals surface area contributed by atoms with Crippen molar-refractivity contribution in [2.75, 3.05) is 39.0 Å². The molecule has 0 radical (unpaired) electrons. The van der Waals surface area contributed by atoms with Crippen molar-refractivity contribution in [2.45, 2.75) is 145 Å². The summed E-state index contributed by atoms with van der Waals surface area (Å²) in [6.45, 7) is 7.37. The van der Waals surface area contributed by atoms with Crippen molar-refractivity contribution in [3.8, 4) is 5.75 Å². The van der Waals surface area contributed by atoms with Crippen LogP contribution in [0.5, 0.6) is 5.75 Å². The number of carboxylic acids is 1. The fraction of sp³-hybridized carbons (Fsp3) is 0.612. The molecule has 0 unspecified atom stereocenters. The molecule has 0 saturated carbocycles. The third-order valence-electron chi connectivity index (χ3n) is 12.6. The van der Waals surface area contributed by atoms with Gasteiger partial charge in [-0.3, -0.25) is 62.7 Å². The Morgan fingerprint density at radius 2 is 1.29 bits per heavy atom. The van der Waals surface area contributed by atoms with Crippen LogP contribution in [0.1, 0.15) is 91.5 Å². The summed E-state index contributed by atoms with van der Waals surface area (Å²) in [6, 6.07) is -4.42. The summed E-state index contributed by atoms with van der Waals surface area (Å²) in [5, 5.41) is 29.9. The predicted molar refractivity (Wildman–Crippen MR) is 301 cm³/mol. The van der Waals surface area contributed by atoms with Gasteiger partial charge in [-0.25, -0.2) is 0 Å². The molecule has 2 rings (SSSR count). The fourth-order valence-corrected chi connectivity index (χ4v) is 8.58. The number of nitrogens with zero attached hydrogens (tertiary/aromatic N) is 3. The summed E-state index contributed by atoms with van der Waals surface area (Å²) in [6.07, 6.45) is -0.150. The number of methoxy groups -OCH3 is 1. The Morgan fingerprint density at radius 1 is 0.750 bits per heavy atom. The van der Waals surface area contributed by atoms with Gasteiger partial charge >= 0.3 is 5.97 Å². The van der Waals surface area contributed by atoms with Crippen LogP contribution in [0.3, 0.4) is 0 Å². The zero-order chi connectivity index (χ0) is 60.4. The van der Waals surface area contributed by atoms with E-state index < -0.39 is 137 Å². The van der Waals surface area contributed by atoms with Gasteiger partial charge in [0.1, 0.15) is 54.1 Å². The number of nitrogens with two attached hydrogens (primary N) is 5. The van der Waals surface area contributed by atoms with E-state index >= 15 is 0 Å². The average Bonchev–Trinajstić information content (AvgIpc) is 3.89. The molecular formula is C49H80N16O13S2. The van der Waals surface area contributed by atoms with Gasteiger partial charge in [0.2, 0.25) is 59.1 Å². The van der Waals surface area contributed by atoms with Crippen LogP contribution >= 0.6 is 25.3 Å². The Balaban J connectivity index is 2.40. The normalized spacial score (nSPS) is 15.9. The fourth-order valence-electron chi connectivity index (χ4n) is 8.13. The molecule has 10 amide bonds. The number of likely N-dealkylation sites (tertiary alicyclic amines) is 1. The first-order valence-corrected chi connectivity index (χ1v) is 26.9. The highest BCUT2D eigenvalue weighted by molar-refractivity contribution is 7.81. The second kappa shape index (κ2) is 33.8. The van der Waals surface area contributed by atoms with Gasteiger partial charge in [0.05, 0.1) is 20.1 Å². The number of carbonyl (C=O) groups is 11. The molecule has 9 atom stereocenters. The molecule has 80 heavy (non-hydrogen) atoms. The summed E-state index contributed by atoms with van der Waals surface area (Å²) >= 11 is 8.54. The van der Waals surface area contributed by atoms with Crippen molar-refractivity contribution < 1.29 is 62.6 Å². The molecule has 0 bridgehead atoms. The van der Waals surface area contributed by atoms with Crippen LogP contribution in [0.25, 0.3) is 0 Å². The van der Waals surface area contributed by atoms with Gasteiger partial charge in [-0.2, -0.15) is 25.3 Å². The number of primary amides is 1. The summed E-state index contributed by atoms with van der Waals surface area (Å²) in [5.74, 6) is -10.5. The van der Waals surface area contributed by atoms with E-state index in [1.54, 1.807) is 45.0 Å². The van der Waals surface area contributed by atoms with Gasteiger partial charge in [-0.1, -0.05) is 32.4 Å². The molecular weight excluding hydrogens is 1080 g/mol. The smallest absolute Gasteiger partial charge is 0.305 e. The van der Waals surface area contributed by atoms with Gasteiger partial charge in [0, 0.05) is 43.5 Å². The molecule has 19 N–H and O–H groups in total. The minimum atomic E-state index is -1.86. The van der Waals surface area contributed by atoms with Crippen LogP contribution in [-0.2, 0) is 59.2 Å². The Hall–Kier alpha value is -7.57. The highest BCUT2D eigenvalue weighted by Gasteiger charge is 2.42. The molecule has 1 saturated heterocycles. The predicted octanol–water partition coefficient (Wildman–Crippen LogP) is -4.49. The molecule has 0 spiro atoms. The van der Waals surface area contributed by atoms with Crippen molar-refractivity contribution in [1.29, 1.82) is 0 Å². The number of carboxylic acid groups (broad SMARTS) is 1. The standard InChI is InChI=1S/C49H80N16O13S2/c1-7-25(2)37(64-45(76)38(49(4,5)80)58-26(3)66)46(77)65-20-10-13-34(65)44(75)61-29(11-8-18-55-47(51)52)40(71)57-23-35(67)59-32(22-36(68)69)43(74)62-31(21-27-14-16-28(78-6)17-15-27)42(73)60-30(12-9-19-56-48(53)54)41(72)63-33(24-79)39(50)70/h14-17,25,29-34,37-38,79-80H,7-13,18-24H2,1-6H3,(H2,50,70)(H,57,71)(H,58,66)(H,59,67)(H,60,73)(H,61,75)(H,62,74)(H,63,72)(H,64,76)(H,68,69)(H4,51,52,55)(H4,53,54,56)/t25-,29-,30-,31-,32-,33-,34-,37-,38-/m0/s1. The van der Waals surface area contributed by atoms with Crippen molar-refractivity contribution >= 4 is 102 Å². The molecule has 1 aliphatic heterocycles. The minimum Gasteiger partial charge on any atom is -0.497 e. The first-order valence-electron chi connectivity index (χ1n) is 25.8. The van der Waals surface area contributed by atoms with E-state index in [1.165, 1.54) is 18.9 Å². The number of aliphatic imine (C=N–C) groups is 2. The number of guanidine groups is 2. The molecule has 0 aromatic heterocycles. The SMILES string of the molecule is CC[C@H](C)[C@H](NC(=O)[C@H](NC(C)=O)C(C)(C)S)C(=O)N1CCC[C@H]1C(=O)N[C@@H](CCCN=C(N)N)C(=O)NCC(=O)N[C@@H](CC(=O)O)C(=O)N[C@@H](Cc1ccc(OC)cc1)C(=O)N[C@@H](CCCN=C(N)N)C(=O)N[C@@H](CS)C(N)=O. The number of hydrogen-bond donors (Lipinski definition) is 16. The molecule has 0 aliphatic carbocycles. The maximum absolute atomic E-state index is 14.3. The number of aliphatic carboxylic acids is 1. The van der Waals surface area contributed by atoms with Gasteiger partial charge < -0.3 is 85.9 Å². The second-order valence-corrected chi connectivity index (χ2v) is 21.1. The zero-order valence-electron chi connectivity index (χ0n) is 45.9. The molecule has 29 nitrogen and oxygen atoms in total. The Labute approximate surface area is 475 Å². The van der Waals surface area contributed by atoms with Crippen molar-refractivity contribution in [1.82, 2.24) is 47.4 Å². The monoisotopic (exact) mass is 1160 g/mol. The lowest BCUT2D eigenvalue weighted by atomic mass is 9.95. The number of thiol groups is 2. The largest absolute Gasteiger partial charge is 0.497 e. The van der Waals surface area contributed by atoms with Crippen LogP contribution in [-0.4, -0.2) is 179 Å². The number of carbonyl (C=O) groups excluding carboxylic acids is 10. The zero-order valence-corrected chi connectivity index (χ0v) is 47.7. The van der Waals surface area contributed by atoms with Crippen LogP contribution in [0.2, 0.25) is 0 Å². The summed E-state index contributed by atoms with van der Waals surface area (Å²) in [4.78, 5) is 156. The van der Waals surface area contributed by atoms with E-state index in [1.807, 2.05) is 6.92 Å². The number of rotatable bonds is 34. The number of hydrogen-bond acceptors (Lipinski definition) is 16. The van der Waals surface area contributed by atoms with Crippen LogP contribution in [0, 0.1) is 5.92 Å². The lowest BCUT2D eigenvalue weighted by molar-refractivity contribution is -0.143. The lowest BCUT2D eigenvalue weighted by Crippen LogP contribution is -2.61. The van der Waals surface area contributed by atoms with E-state index in [2.05, 4.69) is 77.8 Å². The van der Waals surface area contributed by atoms with E-state index in [-0.39, 0.29) is 75.8 Å². The third kappa shape index (κ3) is 23.8. The van der Waals surface area contributed by atoms with E-state index in [0.29, 0.717) is 24.2 Å². The molecule has 1 aromatic rings. The van der Waals surface area contributed by atoms with E-state index in [4.69, 9.17) is 33.4 Å². The van der Waals surface area contributed by atoms with Crippen LogP contribution in [0.4, 0.5) is 0 Å². The maximum Gasteiger partial charge on any atom is 0.305 e. The summed E-state index contributed by atoms with van der Waals surface area (Å²) in [5.41, 5.74) is 27.7. The highest BCUT2D eigenvalue weighted by atomic mass is 32.1. The first kappa shape index (κ1) is 68.5. The highest BCUT2D eigenvalue weighted by Crippen LogP contribution is 2.24. The van der Waals surface area contributed by atoms with Crippen molar-refractivity contribution in [2.24, 2.45) is 44.6 Å². The quantitative estimate of drug-likeness (QED) is 0.0134. The number of amides is 10. The molecule has 1 aromatic carbocycles. The molecule has 1 aliphatic rings. The van der Waals surface area contributed by atoms with Crippen LogP contribution in [0.15, 0.2) is 34.3 Å². The number of benzene rings is 1. The Morgan fingerprint density at radius 3 is 1.79 bits per heavy atom. The maximum atomic E-state index is 14.3. The van der Waals surface area contributed by atoms with E-state index in [9.17, 15) is 57.8 Å². The van der Waals surface area contributed by atoms with Crippen LogP contribution < -0.4 is 75.9 Å². The third-order valence-corrected chi connectivity index (χ3v) is 13.2. The topological polar surface area (TPSA) is 472 Å². The Kier molecular flexibility index (Phi) is 28.9. The van der Waals surface area contributed by atoms with Gasteiger partial charge in [-0.15, -0.1) is 0 Å². The second-order valence-electron chi connectivity index (χ2n) is 19.6. The minimum absolute atomic E-state index is 0.0257. The lowest BCUT2D eigenvalue weighted by Gasteiger charge is -2.34. The van der Waals surface area contributed by atoms with Crippen molar-refractivity contribution in [3.05, 3.63) is 29.8 Å². The van der Waals surface area contributed by atoms with Crippen molar-refractivity contribution in [3.63, 3.8) is 0 Å². The van der Waals surface area contributed by atoms with Gasteiger partial charge in [0.25, 0.3) is 0 Å². The molecule has 1 fully saturated rings. The first-order chi connectivity index (χ1) is 37.5. The number of ether oxygens (including phenoxy) is 1.